The van der Waals surface area contributed by atoms with Crippen molar-refractivity contribution in [1.29, 1.82) is 0 Å². The van der Waals surface area contributed by atoms with E-state index < -0.39 is 15.9 Å². The van der Waals surface area contributed by atoms with Gasteiger partial charge in [-0.05, 0) is 98.2 Å². The minimum absolute atomic E-state index is 0.0421. The molecule has 254 valence electrons. The van der Waals surface area contributed by atoms with Crippen molar-refractivity contribution in [3.8, 4) is 5.75 Å². The Morgan fingerprint density at radius 2 is 1.96 bits per heavy atom. The summed E-state index contributed by atoms with van der Waals surface area (Å²) in [6, 6.07) is 11.6. The maximum Gasteiger partial charge on any atom is 0.264 e. The van der Waals surface area contributed by atoms with Crippen molar-refractivity contribution in [3.63, 3.8) is 0 Å². The number of sulfonamides is 1. The molecule has 2 aromatic carbocycles. The maximum absolute atomic E-state index is 13.3. The van der Waals surface area contributed by atoms with Crippen molar-refractivity contribution in [3.05, 3.63) is 70.3 Å². The number of carbonyl (C=O) groups is 1. The zero-order valence-electron chi connectivity index (χ0n) is 27.0. The normalized spacial score (nSPS) is 30.2. The zero-order valence-corrected chi connectivity index (χ0v) is 28.6. The van der Waals surface area contributed by atoms with Gasteiger partial charge >= 0.3 is 0 Å². The SMILES string of the molecule is O=C1NS(=O)(=O)CCC/C=C/[C@@H](OCCN2CCOCC2)[C@@H]2CC[C@H]2CN2C[C@@]3(CCCc4cc(Cl)ccc43)COc3ccc1cc32. The van der Waals surface area contributed by atoms with Crippen LogP contribution < -0.4 is 14.4 Å². The summed E-state index contributed by atoms with van der Waals surface area (Å²) in [5.74, 6) is 0.735. The molecule has 9 nitrogen and oxygen atoms in total. The van der Waals surface area contributed by atoms with E-state index in [0.717, 1.165) is 94.5 Å². The number of fused-ring (bicyclic) bond motifs is 4. The first-order valence-electron chi connectivity index (χ1n) is 17.2. The molecular formula is C36H46ClN3O6S. The molecule has 2 aliphatic carbocycles. The van der Waals surface area contributed by atoms with E-state index in [1.165, 1.54) is 11.1 Å². The predicted molar refractivity (Wildman–Crippen MR) is 183 cm³/mol. The van der Waals surface area contributed by atoms with Crippen molar-refractivity contribution >= 4 is 33.2 Å². The summed E-state index contributed by atoms with van der Waals surface area (Å²) in [5, 5.41) is 0.749. The summed E-state index contributed by atoms with van der Waals surface area (Å²) in [5.41, 5.74) is 3.48. The van der Waals surface area contributed by atoms with Gasteiger partial charge in [0.05, 0.1) is 44.0 Å². The molecule has 1 spiro atoms. The second-order valence-electron chi connectivity index (χ2n) is 13.9. The highest BCUT2D eigenvalue weighted by Gasteiger charge is 2.44. The molecule has 0 radical (unpaired) electrons. The average molecular weight is 684 g/mol. The molecule has 4 atom stereocenters. The summed E-state index contributed by atoms with van der Waals surface area (Å²) in [7, 11) is -3.79. The predicted octanol–water partition coefficient (Wildman–Crippen LogP) is 4.97. The molecule has 1 saturated heterocycles. The van der Waals surface area contributed by atoms with Gasteiger partial charge in [-0.1, -0.05) is 29.8 Å². The van der Waals surface area contributed by atoms with Crippen molar-refractivity contribution < 1.29 is 27.4 Å². The number of amides is 1. The van der Waals surface area contributed by atoms with Gasteiger partial charge in [0.2, 0.25) is 10.0 Å². The lowest BCUT2D eigenvalue weighted by Gasteiger charge is -2.46. The third-order valence-corrected chi connectivity index (χ3v) is 12.4. The van der Waals surface area contributed by atoms with Crippen molar-refractivity contribution in [1.82, 2.24) is 9.62 Å². The summed E-state index contributed by atoms with van der Waals surface area (Å²) in [6.45, 7) is 6.95. The fourth-order valence-corrected chi connectivity index (χ4v) is 9.37. The number of nitrogens with one attached hydrogen (secondary N) is 1. The quantitative estimate of drug-likeness (QED) is 0.452. The first kappa shape index (κ1) is 32.9. The largest absolute Gasteiger partial charge is 0.490 e. The smallest absolute Gasteiger partial charge is 0.264 e. The summed E-state index contributed by atoms with van der Waals surface area (Å²) >= 11 is 6.44. The molecule has 7 rings (SSSR count). The van der Waals surface area contributed by atoms with Gasteiger partial charge in [0.25, 0.3) is 5.91 Å². The molecule has 0 aromatic heterocycles. The average Bonchev–Trinajstić information content (AvgIpc) is 3.19. The van der Waals surface area contributed by atoms with Crippen LogP contribution in [0.25, 0.3) is 0 Å². The Balaban J connectivity index is 1.21. The van der Waals surface area contributed by atoms with E-state index in [4.69, 9.17) is 25.8 Å². The number of aryl methyl sites for hydroxylation is 1. The lowest BCUT2D eigenvalue weighted by Crippen LogP contribution is -2.50. The second-order valence-corrected chi connectivity index (χ2v) is 16.2. The highest BCUT2D eigenvalue weighted by molar-refractivity contribution is 7.90. The molecule has 1 N–H and O–H groups in total. The maximum atomic E-state index is 13.3. The highest BCUT2D eigenvalue weighted by Crippen LogP contribution is 2.47. The second kappa shape index (κ2) is 14.1. The van der Waals surface area contributed by atoms with Gasteiger partial charge in [-0.25, -0.2) is 13.1 Å². The molecule has 1 amide bonds. The molecule has 0 unspecified atom stereocenters. The Morgan fingerprint density at radius 1 is 1.09 bits per heavy atom. The van der Waals surface area contributed by atoms with Crippen LogP contribution in [0.2, 0.25) is 5.02 Å². The molecule has 2 aromatic rings. The Labute approximate surface area is 283 Å². The minimum atomic E-state index is -3.79. The van der Waals surface area contributed by atoms with Crippen LogP contribution in [-0.2, 0) is 31.3 Å². The first-order chi connectivity index (χ1) is 22.8. The summed E-state index contributed by atoms with van der Waals surface area (Å²) in [4.78, 5) is 18.1. The van der Waals surface area contributed by atoms with Gasteiger partial charge in [0.1, 0.15) is 5.75 Å². The molecule has 5 aliphatic rings. The first-order valence-corrected chi connectivity index (χ1v) is 19.3. The third kappa shape index (κ3) is 7.37. The van der Waals surface area contributed by atoms with Gasteiger partial charge in [-0.2, -0.15) is 0 Å². The van der Waals surface area contributed by atoms with Gasteiger partial charge in [0.15, 0.2) is 0 Å². The number of allylic oxidation sites excluding steroid dienone is 1. The number of hydrogen-bond donors (Lipinski definition) is 1. The molecule has 47 heavy (non-hydrogen) atoms. The number of morpholine rings is 1. The molecular weight excluding hydrogens is 638 g/mol. The summed E-state index contributed by atoms with van der Waals surface area (Å²) in [6.07, 6.45) is 10.4. The molecule has 1 saturated carbocycles. The van der Waals surface area contributed by atoms with Crippen LogP contribution in [0.4, 0.5) is 5.69 Å². The molecule has 11 heteroatoms. The monoisotopic (exact) mass is 683 g/mol. The van der Waals surface area contributed by atoms with Crippen molar-refractivity contribution in [2.75, 3.05) is 69.8 Å². The number of benzene rings is 2. The lowest BCUT2D eigenvalue weighted by molar-refractivity contribution is -0.0314. The number of halogens is 1. The van der Waals surface area contributed by atoms with Gasteiger partial charge in [-0.3, -0.25) is 9.69 Å². The Morgan fingerprint density at radius 3 is 2.79 bits per heavy atom. The van der Waals surface area contributed by atoms with E-state index in [1.54, 1.807) is 6.07 Å². The summed E-state index contributed by atoms with van der Waals surface area (Å²) < 4.78 is 46.8. The molecule has 3 heterocycles. The van der Waals surface area contributed by atoms with Crippen LogP contribution in [0, 0.1) is 11.8 Å². The van der Waals surface area contributed by atoms with Crippen LogP contribution >= 0.6 is 11.6 Å². The molecule has 3 aliphatic heterocycles. The van der Waals surface area contributed by atoms with Crippen LogP contribution in [0.1, 0.15) is 60.0 Å². The van der Waals surface area contributed by atoms with Crippen LogP contribution in [0.15, 0.2) is 48.6 Å². The zero-order chi connectivity index (χ0) is 32.4. The van der Waals surface area contributed by atoms with E-state index in [1.807, 2.05) is 18.2 Å². The van der Waals surface area contributed by atoms with Gasteiger partial charge in [-0.15, -0.1) is 0 Å². The number of anilines is 1. The standard InChI is InChI=1S/C36H46ClN3O6S/c37-29-9-11-31-26(21-29)5-4-13-36(31)24-40-23-28-7-10-30(28)33(45-19-16-39-14-17-44-18-15-39)6-2-1-3-20-47(42,43)38-35(41)27-8-12-34(46-25-36)32(40)22-27/h2,6,8-9,11-12,21-22,28,30,33H,1,3-5,7,10,13-20,23-25H2,(H,38,41)/b6-2+/t28-,30+,33+,36-/m0/s1. The third-order valence-electron chi connectivity index (χ3n) is 10.8. The number of carbonyl (C=O) groups excluding carboxylic acids is 1. The lowest BCUT2D eigenvalue weighted by atomic mass is 9.68. The van der Waals surface area contributed by atoms with Crippen LogP contribution in [0.5, 0.6) is 5.75 Å². The van der Waals surface area contributed by atoms with Crippen LogP contribution in [0.3, 0.4) is 0 Å². The Hall–Kier alpha value is -2.63. The molecule has 2 bridgehead atoms. The number of rotatable bonds is 4. The van der Waals surface area contributed by atoms with E-state index in [-0.39, 0.29) is 17.3 Å². The highest BCUT2D eigenvalue weighted by atomic mass is 35.5. The van der Waals surface area contributed by atoms with Gasteiger partial charge < -0.3 is 19.1 Å². The number of nitrogens with zero attached hydrogens (tertiary/aromatic N) is 2. The van der Waals surface area contributed by atoms with Crippen molar-refractivity contribution in [2.24, 2.45) is 11.8 Å². The van der Waals surface area contributed by atoms with Gasteiger partial charge in [0, 0.05) is 48.7 Å². The van der Waals surface area contributed by atoms with E-state index >= 15 is 0 Å². The van der Waals surface area contributed by atoms with E-state index in [9.17, 15) is 13.2 Å². The number of hydrogen-bond acceptors (Lipinski definition) is 8. The van der Waals surface area contributed by atoms with E-state index in [0.29, 0.717) is 43.5 Å². The number of ether oxygens (including phenoxy) is 3. The molecule has 2 fully saturated rings. The fourth-order valence-electron chi connectivity index (χ4n) is 8.13. The van der Waals surface area contributed by atoms with E-state index in [2.05, 4.69) is 38.8 Å². The Kier molecular flexibility index (Phi) is 9.85. The minimum Gasteiger partial charge on any atom is -0.490 e. The fraction of sp³-hybridized carbons (Fsp3) is 0.583. The van der Waals surface area contributed by atoms with Crippen LogP contribution in [-0.4, -0.2) is 90.2 Å². The topological polar surface area (TPSA) is 97.4 Å². The Bertz CT molecular complexity index is 1590. The van der Waals surface area contributed by atoms with Crippen molar-refractivity contribution in [2.45, 2.75) is 56.5 Å².